The van der Waals surface area contributed by atoms with Gasteiger partial charge in [-0.1, -0.05) is 60.3 Å². The predicted molar refractivity (Wildman–Crippen MR) is 153 cm³/mol. The summed E-state index contributed by atoms with van der Waals surface area (Å²) < 4.78 is 12.2. The number of carbonyl (C=O) groups is 1. The highest BCUT2D eigenvalue weighted by atomic mass is 35.5. The number of ether oxygens (including phenoxy) is 2. The minimum absolute atomic E-state index is 0.342. The third-order valence-corrected chi connectivity index (χ3v) is 9.30. The highest BCUT2D eigenvalue weighted by molar-refractivity contribution is 6.42. The maximum atomic E-state index is 12.1. The Labute approximate surface area is 239 Å². The zero-order valence-corrected chi connectivity index (χ0v) is 23.4. The molecule has 2 aliphatic heterocycles. The third-order valence-electron chi connectivity index (χ3n) is 8.56. The number of carboxylic acid groups (broad SMARTS) is 1. The zero-order chi connectivity index (χ0) is 26.9. The molecular formula is C32H33Cl2NO4. The second kappa shape index (κ2) is 11.4. The Balaban J connectivity index is 1.16. The summed E-state index contributed by atoms with van der Waals surface area (Å²) in [5, 5.41) is 11.0. The van der Waals surface area contributed by atoms with Crippen molar-refractivity contribution in [2.45, 2.75) is 76.1 Å². The van der Waals surface area contributed by atoms with Gasteiger partial charge in [0, 0.05) is 12.6 Å². The maximum Gasteiger partial charge on any atom is 0.321 e. The molecule has 0 aromatic heterocycles. The van der Waals surface area contributed by atoms with Crippen LogP contribution < -0.4 is 9.47 Å². The van der Waals surface area contributed by atoms with Crippen molar-refractivity contribution in [2.75, 3.05) is 6.61 Å². The first kappa shape index (κ1) is 26.5. The molecule has 0 spiro atoms. The van der Waals surface area contributed by atoms with Crippen LogP contribution in [0.1, 0.15) is 65.8 Å². The van der Waals surface area contributed by atoms with Crippen LogP contribution in [0.4, 0.5) is 0 Å². The van der Waals surface area contributed by atoms with Crippen LogP contribution in [-0.2, 0) is 30.8 Å². The van der Waals surface area contributed by atoms with E-state index in [0.29, 0.717) is 48.2 Å². The molecular weight excluding hydrogens is 533 g/mol. The van der Waals surface area contributed by atoms with E-state index in [1.54, 1.807) is 6.07 Å². The average molecular weight is 567 g/mol. The first-order chi connectivity index (χ1) is 18.9. The van der Waals surface area contributed by atoms with Crippen LogP contribution in [0.15, 0.2) is 54.6 Å². The van der Waals surface area contributed by atoms with Gasteiger partial charge < -0.3 is 14.6 Å². The highest BCUT2D eigenvalue weighted by Gasteiger charge is 2.37. The fourth-order valence-electron chi connectivity index (χ4n) is 6.43. The number of hydrogen-bond donors (Lipinski definition) is 1. The fraction of sp³-hybridized carbons (Fsp3) is 0.406. The number of aliphatic carboxylic acids is 1. The Bertz CT molecular complexity index is 1350. The number of carboxylic acids is 1. The van der Waals surface area contributed by atoms with Gasteiger partial charge in [0.1, 0.15) is 24.1 Å². The van der Waals surface area contributed by atoms with E-state index in [0.717, 1.165) is 48.3 Å². The van der Waals surface area contributed by atoms with Crippen molar-refractivity contribution in [3.05, 3.63) is 92.5 Å². The molecule has 2 atom stereocenters. The zero-order valence-electron chi connectivity index (χ0n) is 21.9. The summed E-state index contributed by atoms with van der Waals surface area (Å²) >= 11 is 12.1. The molecule has 0 unspecified atom stereocenters. The van der Waals surface area contributed by atoms with Gasteiger partial charge in [-0.05, 0) is 96.2 Å². The van der Waals surface area contributed by atoms with E-state index in [1.807, 2.05) is 24.3 Å². The highest BCUT2D eigenvalue weighted by Crippen LogP contribution is 2.39. The number of rotatable bonds is 6. The number of halogens is 2. The van der Waals surface area contributed by atoms with E-state index < -0.39 is 12.0 Å². The Morgan fingerprint density at radius 1 is 0.923 bits per heavy atom. The van der Waals surface area contributed by atoms with Crippen LogP contribution in [0.3, 0.4) is 0 Å². The summed E-state index contributed by atoms with van der Waals surface area (Å²) in [5.74, 6) is 1.35. The van der Waals surface area contributed by atoms with Crippen molar-refractivity contribution >= 4 is 29.2 Å². The molecule has 3 aliphatic rings. The average Bonchev–Trinajstić information content (AvgIpc) is 3.40. The molecule has 6 rings (SSSR count). The summed E-state index contributed by atoms with van der Waals surface area (Å²) in [6, 6.07) is 18.2. The van der Waals surface area contributed by atoms with Gasteiger partial charge in [-0.25, -0.2) is 0 Å². The van der Waals surface area contributed by atoms with Gasteiger partial charge in [-0.15, -0.1) is 0 Å². The summed E-state index contributed by atoms with van der Waals surface area (Å²) in [7, 11) is 0. The second-order valence-electron chi connectivity index (χ2n) is 11.0. The molecule has 1 N–H and O–H groups in total. The molecule has 2 heterocycles. The van der Waals surface area contributed by atoms with Crippen LogP contribution >= 0.6 is 23.2 Å². The molecule has 0 bridgehead atoms. The first-order valence-corrected chi connectivity index (χ1v) is 14.6. The van der Waals surface area contributed by atoms with Gasteiger partial charge >= 0.3 is 5.97 Å². The predicted octanol–water partition coefficient (Wildman–Crippen LogP) is 7.44. The lowest BCUT2D eigenvalue weighted by Crippen LogP contribution is -2.49. The summed E-state index contributed by atoms with van der Waals surface area (Å²) in [6.45, 7) is 1.77. The number of fused-ring (bicyclic) bond motifs is 2. The monoisotopic (exact) mass is 565 g/mol. The van der Waals surface area contributed by atoms with E-state index >= 15 is 0 Å². The molecule has 7 heteroatoms. The van der Waals surface area contributed by atoms with Crippen LogP contribution in [0, 0.1) is 0 Å². The van der Waals surface area contributed by atoms with E-state index in [2.05, 4.69) is 29.2 Å². The molecule has 0 radical (unpaired) electrons. The Hall–Kier alpha value is -2.73. The van der Waals surface area contributed by atoms with Gasteiger partial charge in [0.2, 0.25) is 0 Å². The molecule has 3 aromatic carbocycles. The molecule has 1 saturated carbocycles. The van der Waals surface area contributed by atoms with Gasteiger partial charge in [0.15, 0.2) is 0 Å². The minimum Gasteiger partial charge on any atom is -0.493 e. The maximum absolute atomic E-state index is 12.1. The van der Waals surface area contributed by atoms with Gasteiger partial charge in [0.25, 0.3) is 0 Å². The molecule has 39 heavy (non-hydrogen) atoms. The van der Waals surface area contributed by atoms with Gasteiger partial charge in [0.05, 0.1) is 16.7 Å². The van der Waals surface area contributed by atoms with Gasteiger partial charge in [-0.2, -0.15) is 0 Å². The topological polar surface area (TPSA) is 59.0 Å². The van der Waals surface area contributed by atoms with Crippen LogP contribution in [0.2, 0.25) is 10.0 Å². The van der Waals surface area contributed by atoms with Crippen molar-refractivity contribution in [3.8, 4) is 11.5 Å². The summed E-state index contributed by atoms with van der Waals surface area (Å²) in [5.41, 5.74) is 5.84. The molecule has 1 fully saturated rings. The summed E-state index contributed by atoms with van der Waals surface area (Å²) in [4.78, 5) is 14.4. The second-order valence-corrected chi connectivity index (χ2v) is 11.9. The quantitative estimate of drug-likeness (QED) is 0.336. The Morgan fingerprint density at radius 2 is 1.72 bits per heavy atom. The number of nitrogens with zero attached hydrogens (tertiary/aromatic N) is 1. The lowest BCUT2D eigenvalue weighted by Gasteiger charge is -2.39. The molecule has 3 aromatic rings. The van der Waals surface area contributed by atoms with Crippen molar-refractivity contribution in [3.63, 3.8) is 0 Å². The van der Waals surface area contributed by atoms with E-state index in [-0.39, 0.29) is 0 Å². The molecule has 5 nitrogen and oxygen atoms in total. The van der Waals surface area contributed by atoms with Crippen LogP contribution in [-0.4, -0.2) is 34.7 Å². The lowest BCUT2D eigenvalue weighted by atomic mass is 9.86. The van der Waals surface area contributed by atoms with Crippen molar-refractivity contribution < 1.29 is 19.4 Å². The molecule has 204 valence electrons. The van der Waals surface area contributed by atoms with E-state index in [4.69, 9.17) is 32.7 Å². The smallest absolute Gasteiger partial charge is 0.321 e. The first-order valence-electron chi connectivity index (χ1n) is 13.9. The standard InChI is InChI=1S/C32H33Cl2NO4/c33-28-10-5-20(13-29(28)34)19-39-27-8-6-21(7-9-27)22-11-12-38-31-17-23-16-30(32(36)37)35(26-3-1-2-4-26)18-25(23)15-24(31)14-22/h5-10,13,15,17,22,26,30H,1-4,11-12,14,16,18-19H2,(H,36,37)/t22-,30+/m1/s1. The van der Waals surface area contributed by atoms with Gasteiger partial charge in [-0.3, -0.25) is 9.69 Å². The summed E-state index contributed by atoms with van der Waals surface area (Å²) in [6.07, 6.45) is 6.96. The Morgan fingerprint density at radius 3 is 2.46 bits per heavy atom. The van der Waals surface area contributed by atoms with Crippen molar-refractivity contribution in [2.24, 2.45) is 0 Å². The lowest BCUT2D eigenvalue weighted by molar-refractivity contribution is -0.145. The van der Waals surface area contributed by atoms with E-state index in [1.165, 1.54) is 29.5 Å². The molecule has 0 amide bonds. The van der Waals surface area contributed by atoms with E-state index in [9.17, 15) is 9.90 Å². The van der Waals surface area contributed by atoms with Crippen LogP contribution in [0.5, 0.6) is 11.5 Å². The molecule has 0 saturated heterocycles. The number of hydrogen-bond acceptors (Lipinski definition) is 4. The molecule has 1 aliphatic carbocycles. The van der Waals surface area contributed by atoms with Crippen LogP contribution in [0.25, 0.3) is 0 Å². The fourth-order valence-corrected chi connectivity index (χ4v) is 6.75. The SMILES string of the molecule is O=C(O)[C@@H]1Cc2cc3c(cc2CN1C1CCCC1)C[C@H](c1ccc(OCc2ccc(Cl)c(Cl)c2)cc1)CCO3. The minimum atomic E-state index is -0.715. The van der Waals surface area contributed by atoms with Crippen molar-refractivity contribution in [1.82, 2.24) is 4.90 Å². The normalized spacial score (nSPS) is 21.5. The third kappa shape index (κ3) is 5.77. The largest absolute Gasteiger partial charge is 0.493 e. The van der Waals surface area contributed by atoms with Crippen molar-refractivity contribution in [1.29, 1.82) is 0 Å². The Kier molecular flexibility index (Phi) is 7.75. The number of benzene rings is 3.